The summed E-state index contributed by atoms with van der Waals surface area (Å²) in [5.74, 6) is -1.40. The van der Waals surface area contributed by atoms with Gasteiger partial charge in [-0.1, -0.05) is 0 Å². The number of carbonyl (C=O) groups is 1. The van der Waals surface area contributed by atoms with Gasteiger partial charge in [-0.3, -0.25) is 9.89 Å². The second kappa shape index (κ2) is 5.82. The van der Waals surface area contributed by atoms with Crippen LogP contribution < -0.4 is 10.6 Å². The summed E-state index contributed by atoms with van der Waals surface area (Å²) in [5.41, 5.74) is 2.43. The largest absolute Gasteiger partial charge is 0.505 e. The van der Waals surface area contributed by atoms with E-state index in [0.29, 0.717) is 27.9 Å². The zero-order chi connectivity index (χ0) is 17.6. The summed E-state index contributed by atoms with van der Waals surface area (Å²) in [6, 6.07) is 5.70. The van der Waals surface area contributed by atoms with Crippen LogP contribution in [-0.4, -0.2) is 45.3 Å². The fourth-order valence-corrected chi connectivity index (χ4v) is 2.82. The molecule has 1 fully saturated rings. The fourth-order valence-electron chi connectivity index (χ4n) is 2.82. The van der Waals surface area contributed by atoms with Crippen LogP contribution >= 0.6 is 0 Å². The molecule has 1 saturated heterocycles. The van der Waals surface area contributed by atoms with Gasteiger partial charge in [0.2, 0.25) is 0 Å². The third-order valence-electron chi connectivity index (χ3n) is 4.31. The molecule has 0 saturated carbocycles. The lowest BCUT2D eigenvalue weighted by molar-refractivity contribution is 0.0925. The van der Waals surface area contributed by atoms with Crippen molar-refractivity contribution in [2.45, 2.75) is 13.0 Å². The van der Waals surface area contributed by atoms with Crippen molar-refractivity contribution < 1.29 is 14.3 Å². The maximum atomic E-state index is 13.7. The van der Waals surface area contributed by atoms with E-state index in [9.17, 15) is 14.3 Å². The van der Waals surface area contributed by atoms with E-state index in [1.54, 1.807) is 12.1 Å². The first kappa shape index (κ1) is 15.5. The Morgan fingerprint density at radius 1 is 1.36 bits per heavy atom. The van der Waals surface area contributed by atoms with Gasteiger partial charge in [-0.05, 0) is 31.2 Å². The quantitative estimate of drug-likeness (QED) is 0.578. The number of aryl methyl sites for hydroxylation is 1. The third-order valence-corrected chi connectivity index (χ3v) is 4.31. The molecule has 1 aromatic carbocycles. The second-order valence-corrected chi connectivity index (χ2v) is 6.10. The Kier molecular flexibility index (Phi) is 3.61. The van der Waals surface area contributed by atoms with E-state index in [4.69, 9.17) is 0 Å². The Balaban J connectivity index is 1.83. The highest BCUT2D eigenvalue weighted by Gasteiger charge is 2.23. The minimum atomic E-state index is -0.746. The molecular weight excluding hydrogens is 325 g/mol. The predicted octanol–water partition coefficient (Wildman–Crippen LogP) is 1.48. The Hall–Kier alpha value is -3.00. The molecule has 1 aliphatic rings. The van der Waals surface area contributed by atoms with Crippen molar-refractivity contribution in [2.24, 2.45) is 0 Å². The average Bonchev–Trinajstić information content (AvgIpc) is 2.94. The first-order chi connectivity index (χ1) is 12.0. The zero-order valence-corrected chi connectivity index (χ0v) is 13.4. The summed E-state index contributed by atoms with van der Waals surface area (Å²) in [6.45, 7) is 3.29. The lowest BCUT2D eigenvalue weighted by atomic mass is 10.0. The molecule has 1 amide bonds. The van der Waals surface area contributed by atoms with Crippen molar-refractivity contribution in [3.8, 4) is 17.0 Å². The molecule has 7 nitrogen and oxygen atoms in total. The number of rotatable bonds is 3. The van der Waals surface area contributed by atoms with Gasteiger partial charge < -0.3 is 15.7 Å². The second-order valence-electron chi connectivity index (χ2n) is 6.10. The van der Waals surface area contributed by atoms with E-state index in [0.717, 1.165) is 18.8 Å². The van der Waals surface area contributed by atoms with Crippen LogP contribution in [0.4, 0.5) is 4.39 Å². The highest BCUT2D eigenvalue weighted by molar-refractivity contribution is 6.07. The smallest absolute Gasteiger partial charge is 0.252 e. The monoisotopic (exact) mass is 341 g/mol. The maximum Gasteiger partial charge on any atom is 0.252 e. The van der Waals surface area contributed by atoms with Crippen LogP contribution in [0.15, 0.2) is 24.3 Å². The SMILES string of the molecule is Cc1[nH]nc2nc(-c3ccc(O)c(F)c3)cc(C(=O)NC3CNC3)c12. The molecule has 2 aromatic heterocycles. The van der Waals surface area contributed by atoms with Gasteiger partial charge in [-0.15, -0.1) is 0 Å². The summed E-state index contributed by atoms with van der Waals surface area (Å²) in [7, 11) is 0. The first-order valence-electron chi connectivity index (χ1n) is 7.89. The van der Waals surface area contributed by atoms with Crippen molar-refractivity contribution >= 4 is 16.9 Å². The van der Waals surface area contributed by atoms with Gasteiger partial charge in [0.1, 0.15) is 0 Å². The molecular formula is C17H16FN5O2. The molecule has 3 aromatic rings. The molecule has 8 heteroatoms. The number of aromatic amines is 1. The van der Waals surface area contributed by atoms with Crippen molar-refractivity contribution in [1.29, 1.82) is 0 Å². The number of benzene rings is 1. The molecule has 3 heterocycles. The standard InChI is InChI=1S/C17H16FN5O2/c1-8-15-11(17(25)20-10-6-19-7-10)5-13(21-16(15)23-22-8)9-2-3-14(24)12(18)4-9/h2-5,10,19,24H,6-7H2,1H3,(H,20,25)(H,21,22,23). The van der Waals surface area contributed by atoms with Crippen molar-refractivity contribution in [1.82, 2.24) is 25.8 Å². The number of carbonyl (C=O) groups excluding carboxylic acids is 1. The topological polar surface area (TPSA) is 103 Å². The first-order valence-corrected chi connectivity index (χ1v) is 7.89. The number of nitrogens with one attached hydrogen (secondary N) is 3. The normalized spacial score (nSPS) is 14.5. The van der Waals surface area contributed by atoms with Gasteiger partial charge in [-0.25, -0.2) is 9.37 Å². The Morgan fingerprint density at radius 2 is 2.16 bits per heavy atom. The molecule has 4 N–H and O–H groups in total. The van der Waals surface area contributed by atoms with Crippen LogP contribution in [0.25, 0.3) is 22.3 Å². The third kappa shape index (κ3) is 2.70. The number of fused-ring (bicyclic) bond motifs is 1. The number of aromatic nitrogens is 3. The van der Waals surface area contributed by atoms with Gasteiger partial charge >= 0.3 is 0 Å². The van der Waals surface area contributed by atoms with E-state index < -0.39 is 11.6 Å². The van der Waals surface area contributed by atoms with Crippen LogP contribution in [0.1, 0.15) is 16.1 Å². The predicted molar refractivity (Wildman–Crippen MR) is 89.8 cm³/mol. The average molecular weight is 341 g/mol. The molecule has 0 unspecified atom stereocenters. The summed E-state index contributed by atoms with van der Waals surface area (Å²) >= 11 is 0. The highest BCUT2D eigenvalue weighted by Crippen LogP contribution is 2.28. The summed E-state index contributed by atoms with van der Waals surface area (Å²) in [4.78, 5) is 17.1. The zero-order valence-electron chi connectivity index (χ0n) is 13.4. The van der Waals surface area contributed by atoms with E-state index >= 15 is 0 Å². The molecule has 128 valence electrons. The van der Waals surface area contributed by atoms with Crippen LogP contribution in [0, 0.1) is 12.7 Å². The highest BCUT2D eigenvalue weighted by atomic mass is 19.1. The molecule has 0 radical (unpaired) electrons. The minimum Gasteiger partial charge on any atom is -0.505 e. The van der Waals surface area contributed by atoms with Gasteiger partial charge in [-0.2, -0.15) is 5.10 Å². The maximum absolute atomic E-state index is 13.7. The summed E-state index contributed by atoms with van der Waals surface area (Å²) < 4.78 is 13.7. The summed E-state index contributed by atoms with van der Waals surface area (Å²) in [6.07, 6.45) is 0. The number of phenolic OH excluding ortho intramolecular Hbond substituents is 1. The van der Waals surface area contributed by atoms with E-state index in [-0.39, 0.29) is 11.9 Å². The number of phenols is 1. The van der Waals surface area contributed by atoms with Crippen LogP contribution in [0.5, 0.6) is 5.75 Å². The number of nitrogens with zero attached hydrogens (tertiary/aromatic N) is 2. The number of amides is 1. The molecule has 0 aliphatic carbocycles. The number of H-pyrrole nitrogens is 1. The number of halogens is 1. The van der Waals surface area contributed by atoms with Crippen LogP contribution in [-0.2, 0) is 0 Å². The van der Waals surface area contributed by atoms with Crippen LogP contribution in [0.3, 0.4) is 0 Å². The van der Waals surface area contributed by atoms with Gasteiger partial charge in [0.25, 0.3) is 5.91 Å². The molecule has 0 bridgehead atoms. The molecule has 4 rings (SSSR count). The van der Waals surface area contributed by atoms with Gasteiger partial charge in [0.15, 0.2) is 17.2 Å². The number of hydrogen-bond acceptors (Lipinski definition) is 5. The fraction of sp³-hybridized carbons (Fsp3) is 0.235. The van der Waals surface area contributed by atoms with Crippen molar-refractivity contribution in [2.75, 3.05) is 13.1 Å². The van der Waals surface area contributed by atoms with Gasteiger partial charge in [0, 0.05) is 24.3 Å². The van der Waals surface area contributed by atoms with Crippen molar-refractivity contribution in [3.05, 3.63) is 41.3 Å². The van der Waals surface area contributed by atoms with Crippen LogP contribution in [0.2, 0.25) is 0 Å². The number of hydrogen-bond donors (Lipinski definition) is 4. The molecule has 0 spiro atoms. The molecule has 0 atom stereocenters. The van der Waals surface area contributed by atoms with E-state index in [1.165, 1.54) is 12.1 Å². The lowest BCUT2D eigenvalue weighted by Crippen LogP contribution is -2.56. The number of pyridine rings is 1. The Morgan fingerprint density at radius 3 is 2.84 bits per heavy atom. The minimum absolute atomic E-state index is 0.0949. The van der Waals surface area contributed by atoms with Gasteiger partial charge in [0.05, 0.1) is 22.7 Å². The summed E-state index contributed by atoms with van der Waals surface area (Å²) in [5, 5.41) is 23.0. The van der Waals surface area contributed by atoms with E-state index in [2.05, 4.69) is 25.8 Å². The van der Waals surface area contributed by atoms with E-state index in [1.807, 2.05) is 6.92 Å². The Bertz CT molecular complexity index is 981. The lowest BCUT2D eigenvalue weighted by Gasteiger charge is -2.28. The number of aromatic hydroxyl groups is 1. The van der Waals surface area contributed by atoms with Crippen molar-refractivity contribution in [3.63, 3.8) is 0 Å². The molecule has 1 aliphatic heterocycles. The molecule has 25 heavy (non-hydrogen) atoms. The Labute approximate surface area is 142 Å².